The van der Waals surface area contributed by atoms with Crippen molar-refractivity contribution in [2.45, 2.75) is 44.8 Å². The van der Waals surface area contributed by atoms with Crippen LogP contribution in [-0.2, 0) is 4.79 Å². The van der Waals surface area contributed by atoms with Gasteiger partial charge in [0.25, 0.3) is 5.91 Å². The quantitative estimate of drug-likeness (QED) is 0.514. The number of hydrogen-bond acceptors (Lipinski definition) is 6. The van der Waals surface area contributed by atoms with Crippen LogP contribution >= 0.6 is 0 Å². The lowest BCUT2D eigenvalue weighted by Gasteiger charge is -2.41. The Labute approximate surface area is 175 Å². The number of ether oxygens (including phenoxy) is 3. The summed E-state index contributed by atoms with van der Waals surface area (Å²) in [5, 5.41) is 14.0. The SMILES string of the molecule is CCC1(CC)C[C@@H](NC(=O)COc2ccc([N+](=O)[O-])c(OC)c2)c2ccccc2O1. The Kier molecular flexibility index (Phi) is 6.44. The summed E-state index contributed by atoms with van der Waals surface area (Å²) in [6.07, 6.45) is 2.35. The largest absolute Gasteiger partial charge is 0.490 e. The van der Waals surface area contributed by atoms with E-state index in [0.29, 0.717) is 12.2 Å². The number of nitro groups is 1. The maximum absolute atomic E-state index is 12.6. The minimum atomic E-state index is -0.536. The van der Waals surface area contributed by atoms with Gasteiger partial charge in [0.05, 0.1) is 18.1 Å². The number of carbonyl (C=O) groups excluding carboxylic acids is 1. The molecule has 1 atom stereocenters. The van der Waals surface area contributed by atoms with E-state index in [1.165, 1.54) is 25.3 Å². The van der Waals surface area contributed by atoms with Gasteiger partial charge >= 0.3 is 5.69 Å². The molecule has 0 radical (unpaired) electrons. The summed E-state index contributed by atoms with van der Waals surface area (Å²) in [6.45, 7) is 3.95. The Balaban J connectivity index is 1.69. The highest BCUT2D eigenvalue weighted by Gasteiger charge is 2.38. The fraction of sp³-hybridized carbons (Fsp3) is 0.409. The van der Waals surface area contributed by atoms with Crippen LogP contribution in [0.4, 0.5) is 5.69 Å². The third-order valence-corrected chi connectivity index (χ3v) is 5.54. The summed E-state index contributed by atoms with van der Waals surface area (Å²) in [4.78, 5) is 23.1. The third kappa shape index (κ3) is 4.48. The number of nitro benzene ring substituents is 1. The average Bonchev–Trinajstić information content (AvgIpc) is 2.77. The van der Waals surface area contributed by atoms with Gasteiger partial charge in [-0.15, -0.1) is 0 Å². The highest BCUT2D eigenvalue weighted by atomic mass is 16.6. The number of amides is 1. The second-order valence-corrected chi connectivity index (χ2v) is 7.23. The lowest BCUT2D eigenvalue weighted by Crippen LogP contribution is -2.45. The second kappa shape index (κ2) is 9.02. The molecule has 0 aliphatic carbocycles. The molecule has 1 aliphatic heterocycles. The summed E-state index contributed by atoms with van der Waals surface area (Å²) in [7, 11) is 1.34. The van der Waals surface area contributed by atoms with Crippen LogP contribution in [0.3, 0.4) is 0 Å². The Morgan fingerprint density at radius 3 is 2.67 bits per heavy atom. The lowest BCUT2D eigenvalue weighted by molar-refractivity contribution is -0.385. The van der Waals surface area contributed by atoms with E-state index in [4.69, 9.17) is 14.2 Å². The van der Waals surface area contributed by atoms with Gasteiger partial charge in [0.15, 0.2) is 6.61 Å². The van der Waals surface area contributed by atoms with E-state index in [1.807, 2.05) is 24.3 Å². The molecule has 3 rings (SSSR count). The fourth-order valence-electron chi connectivity index (χ4n) is 3.71. The molecule has 1 heterocycles. The van der Waals surface area contributed by atoms with E-state index in [1.54, 1.807) is 0 Å². The molecular weight excluding hydrogens is 388 g/mol. The third-order valence-electron chi connectivity index (χ3n) is 5.54. The van der Waals surface area contributed by atoms with Crippen molar-refractivity contribution in [1.29, 1.82) is 0 Å². The molecule has 160 valence electrons. The highest BCUT2D eigenvalue weighted by Crippen LogP contribution is 2.42. The Morgan fingerprint density at radius 1 is 1.27 bits per heavy atom. The van der Waals surface area contributed by atoms with Crippen LogP contribution in [0.5, 0.6) is 17.2 Å². The number of hydrogen-bond donors (Lipinski definition) is 1. The molecular formula is C22H26N2O6. The molecule has 1 N–H and O–H groups in total. The van der Waals surface area contributed by atoms with Gasteiger partial charge in [0.1, 0.15) is 17.1 Å². The molecule has 1 aliphatic rings. The van der Waals surface area contributed by atoms with E-state index in [0.717, 1.165) is 24.2 Å². The van der Waals surface area contributed by atoms with Crippen LogP contribution in [0.25, 0.3) is 0 Å². The summed E-state index contributed by atoms with van der Waals surface area (Å²) in [5.41, 5.74) is 0.461. The maximum Gasteiger partial charge on any atom is 0.311 e. The van der Waals surface area contributed by atoms with E-state index in [9.17, 15) is 14.9 Å². The number of carbonyl (C=O) groups is 1. The van der Waals surface area contributed by atoms with Gasteiger partial charge in [-0.3, -0.25) is 14.9 Å². The van der Waals surface area contributed by atoms with Gasteiger partial charge in [-0.05, 0) is 25.0 Å². The van der Waals surface area contributed by atoms with Crippen molar-refractivity contribution in [3.05, 3.63) is 58.1 Å². The van der Waals surface area contributed by atoms with Crippen molar-refractivity contribution in [2.75, 3.05) is 13.7 Å². The topological polar surface area (TPSA) is 99.9 Å². The number of benzene rings is 2. The molecule has 1 amide bonds. The van der Waals surface area contributed by atoms with Crippen LogP contribution in [0.1, 0.15) is 44.7 Å². The first-order chi connectivity index (χ1) is 14.4. The van der Waals surface area contributed by atoms with Gasteiger partial charge < -0.3 is 19.5 Å². The normalized spacial score (nSPS) is 16.7. The van der Waals surface area contributed by atoms with Crippen molar-refractivity contribution in [2.24, 2.45) is 0 Å². The first-order valence-electron chi connectivity index (χ1n) is 9.94. The standard InChI is InChI=1S/C22H26N2O6/c1-4-22(5-2)13-17(16-8-6-7-9-19(16)30-22)23-21(25)14-29-15-10-11-18(24(26)27)20(12-15)28-3/h6-12,17H,4-5,13-14H2,1-3H3,(H,23,25)/t17-/m1/s1. The summed E-state index contributed by atoms with van der Waals surface area (Å²) in [5.74, 6) is 0.900. The van der Waals surface area contributed by atoms with Crippen molar-refractivity contribution >= 4 is 11.6 Å². The molecule has 0 fully saturated rings. The number of para-hydroxylation sites is 1. The van der Waals surface area contributed by atoms with E-state index in [2.05, 4.69) is 19.2 Å². The molecule has 0 saturated heterocycles. The Bertz CT molecular complexity index is 926. The number of nitrogens with one attached hydrogen (secondary N) is 1. The van der Waals surface area contributed by atoms with Gasteiger partial charge in [-0.2, -0.15) is 0 Å². The van der Waals surface area contributed by atoms with E-state index in [-0.39, 0.29) is 35.6 Å². The van der Waals surface area contributed by atoms with Crippen LogP contribution in [-0.4, -0.2) is 30.1 Å². The van der Waals surface area contributed by atoms with E-state index >= 15 is 0 Å². The summed E-state index contributed by atoms with van der Waals surface area (Å²) < 4.78 is 16.8. The average molecular weight is 414 g/mol. The van der Waals surface area contributed by atoms with Crippen LogP contribution in [0.2, 0.25) is 0 Å². The molecule has 0 spiro atoms. The van der Waals surface area contributed by atoms with Gasteiger partial charge in [0, 0.05) is 24.1 Å². The number of fused-ring (bicyclic) bond motifs is 1. The minimum absolute atomic E-state index is 0.0759. The van der Waals surface area contributed by atoms with Crippen molar-refractivity contribution in [3.63, 3.8) is 0 Å². The molecule has 2 aromatic rings. The number of methoxy groups -OCH3 is 1. The monoisotopic (exact) mass is 414 g/mol. The van der Waals surface area contributed by atoms with Crippen LogP contribution in [0, 0.1) is 10.1 Å². The Hall–Kier alpha value is -3.29. The van der Waals surface area contributed by atoms with Crippen molar-refractivity contribution in [1.82, 2.24) is 5.32 Å². The molecule has 8 heteroatoms. The molecule has 8 nitrogen and oxygen atoms in total. The molecule has 0 bridgehead atoms. The Morgan fingerprint density at radius 2 is 2.00 bits per heavy atom. The predicted octanol–water partition coefficient (Wildman–Crippen LogP) is 4.18. The van der Waals surface area contributed by atoms with Gasteiger partial charge in [-0.1, -0.05) is 32.0 Å². The molecule has 0 unspecified atom stereocenters. The molecule has 0 aromatic heterocycles. The fourth-order valence-corrected chi connectivity index (χ4v) is 3.71. The van der Waals surface area contributed by atoms with Crippen molar-refractivity contribution < 1.29 is 23.9 Å². The zero-order chi connectivity index (χ0) is 21.7. The number of rotatable bonds is 8. The van der Waals surface area contributed by atoms with Gasteiger partial charge in [0.2, 0.25) is 5.75 Å². The zero-order valence-corrected chi connectivity index (χ0v) is 17.3. The molecule has 0 saturated carbocycles. The highest BCUT2D eigenvalue weighted by molar-refractivity contribution is 5.78. The summed E-state index contributed by atoms with van der Waals surface area (Å²) in [6, 6.07) is 11.7. The number of nitrogens with zero attached hydrogens (tertiary/aromatic N) is 1. The van der Waals surface area contributed by atoms with Crippen LogP contribution in [0.15, 0.2) is 42.5 Å². The van der Waals surface area contributed by atoms with Crippen LogP contribution < -0.4 is 19.5 Å². The first kappa shape index (κ1) is 21.4. The first-order valence-corrected chi connectivity index (χ1v) is 9.94. The molecule has 2 aromatic carbocycles. The van der Waals surface area contributed by atoms with E-state index < -0.39 is 4.92 Å². The maximum atomic E-state index is 12.6. The van der Waals surface area contributed by atoms with Crippen molar-refractivity contribution in [3.8, 4) is 17.2 Å². The lowest BCUT2D eigenvalue weighted by atomic mass is 9.83. The summed E-state index contributed by atoms with van der Waals surface area (Å²) >= 11 is 0. The second-order valence-electron chi connectivity index (χ2n) is 7.23. The molecule has 30 heavy (non-hydrogen) atoms. The minimum Gasteiger partial charge on any atom is -0.490 e. The predicted molar refractivity (Wildman–Crippen MR) is 111 cm³/mol. The smallest absolute Gasteiger partial charge is 0.311 e. The van der Waals surface area contributed by atoms with Gasteiger partial charge in [-0.25, -0.2) is 0 Å². The zero-order valence-electron chi connectivity index (χ0n) is 17.3.